The first-order chi connectivity index (χ1) is 10.3. The normalized spacial score (nSPS) is 14.1. The maximum absolute atomic E-state index is 5.94. The number of nitrogens with one attached hydrogen (secondary N) is 1. The number of fused-ring (bicyclic) bond motifs is 1. The van der Waals surface area contributed by atoms with Crippen LogP contribution < -0.4 is 11.1 Å². The van der Waals surface area contributed by atoms with Gasteiger partial charge < -0.3 is 20.5 Å². The Morgan fingerprint density at radius 3 is 2.86 bits per heavy atom. The number of hydrogen-bond donors (Lipinski definition) is 2. The Morgan fingerprint density at radius 2 is 2.05 bits per heavy atom. The molecular formula is C16H26IN3O2. The fourth-order valence-electron chi connectivity index (χ4n) is 2.55. The Kier molecular flexibility index (Phi) is 9.42. The number of methoxy groups -OCH3 is 1. The predicted octanol–water partition coefficient (Wildman–Crippen LogP) is 2.57. The summed E-state index contributed by atoms with van der Waals surface area (Å²) in [7, 11) is 1.66. The molecule has 5 nitrogen and oxygen atoms in total. The second-order valence-electron chi connectivity index (χ2n) is 5.15. The lowest BCUT2D eigenvalue weighted by Gasteiger charge is -2.19. The van der Waals surface area contributed by atoms with Gasteiger partial charge in [0.05, 0.1) is 26.4 Å². The minimum Gasteiger partial charge on any atom is -0.382 e. The first-order valence-corrected chi connectivity index (χ1v) is 7.55. The van der Waals surface area contributed by atoms with E-state index in [0.717, 1.165) is 18.5 Å². The molecule has 0 aromatic heterocycles. The molecule has 1 aromatic carbocycles. The number of nitrogens with zero attached hydrogens (tertiary/aromatic N) is 1. The monoisotopic (exact) mass is 419 g/mol. The van der Waals surface area contributed by atoms with Crippen LogP contribution in [0.4, 0.5) is 5.69 Å². The Balaban J connectivity index is 0.00000242. The van der Waals surface area contributed by atoms with Gasteiger partial charge in [0, 0.05) is 12.8 Å². The molecule has 0 radical (unpaired) electrons. The zero-order valence-corrected chi connectivity index (χ0v) is 15.5. The Bertz CT molecular complexity index is 480. The molecule has 0 saturated carbocycles. The van der Waals surface area contributed by atoms with Crippen molar-refractivity contribution >= 4 is 35.6 Å². The third-order valence-corrected chi connectivity index (χ3v) is 3.61. The molecular weight excluding hydrogens is 393 g/mol. The van der Waals surface area contributed by atoms with Crippen LogP contribution in [0.25, 0.3) is 0 Å². The van der Waals surface area contributed by atoms with Crippen LogP contribution in [-0.4, -0.2) is 39.4 Å². The van der Waals surface area contributed by atoms with Gasteiger partial charge in [-0.15, -0.1) is 24.0 Å². The summed E-state index contributed by atoms with van der Waals surface area (Å²) in [5.74, 6) is 0.448. The van der Waals surface area contributed by atoms with Gasteiger partial charge in [-0.1, -0.05) is 12.1 Å². The Labute approximate surface area is 149 Å². The van der Waals surface area contributed by atoms with Crippen molar-refractivity contribution in [3.63, 3.8) is 0 Å². The standard InChI is InChI=1S/C16H25N3O2.HI/c1-20-11-12-21-10-9-18-16(17)19-15-8-4-6-13-5-2-3-7-14(13)15;/h4,6,8H,2-3,5,7,9-12H2,1H3,(H3,17,18,19);1H. The lowest BCUT2D eigenvalue weighted by molar-refractivity contribution is 0.0748. The second kappa shape index (κ2) is 10.8. The summed E-state index contributed by atoms with van der Waals surface area (Å²) in [6.45, 7) is 2.30. The first-order valence-electron chi connectivity index (χ1n) is 7.55. The van der Waals surface area contributed by atoms with Crippen molar-refractivity contribution in [1.82, 2.24) is 0 Å². The lowest BCUT2D eigenvalue weighted by atomic mass is 9.90. The zero-order chi connectivity index (χ0) is 14.9. The quantitative estimate of drug-likeness (QED) is 0.309. The van der Waals surface area contributed by atoms with Gasteiger partial charge in [-0.2, -0.15) is 0 Å². The van der Waals surface area contributed by atoms with Gasteiger partial charge in [-0.3, -0.25) is 4.99 Å². The number of ether oxygens (including phenoxy) is 2. The summed E-state index contributed by atoms with van der Waals surface area (Å²) in [6.07, 6.45) is 4.80. The Hall–Kier alpha value is -0.860. The molecule has 6 heteroatoms. The van der Waals surface area contributed by atoms with Crippen LogP contribution in [0, 0.1) is 0 Å². The fraction of sp³-hybridized carbons (Fsp3) is 0.562. The third-order valence-electron chi connectivity index (χ3n) is 3.61. The van der Waals surface area contributed by atoms with E-state index in [9.17, 15) is 0 Å². The zero-order valence-electron chi connectivity index (χ0n) is 13.1. The number of nitrogens with two attached hydrogens (primary N) is 1. The van der Waals surface area contributed by atoms with Gasteiger partial charge >= 0.3 is 0 Å². The van der Waals surface area contributed by atoms with Gasteiger partial charge in [-0.25, -0.2) is 0 Å². The van der Waals surface area contributed by atoms with E-state index in [1.807, 2.05) is 0 Å². The van der Waals surface area contributed by atoms with Crippen LogP contribution in [0.5, 0.6) is 0 Å². The third kappa shape index (κ3) is 6.10. The van der Waals surface area contributed by atoms with Crippen molar-refractivity contribution in [1.29, 1.82) is 0 Å². The molecule has 0 heterocycles. The Morgan fingerprint density at radius 1 is 1.23 bits per heavy atom. The molecule has 124 valence electrons. The van der Waals surface area contributed by atoms with Crippen LogP contribution in [0.1, 0.15) is 24.0 Å². The van der Waals surface area contributed by atoms with Gasteiger partial charge in [-0.05, 0) is 42.9 Å². The topological polar surface area (TPSA) is 68.9 Å². The molecule has 0 saturated heterocycles. The smallest absolute Gasteiger partial charge is 0.193 e. The average Bonchev–Trinajstić information content (AvgIpc) is 2.51. The summed E-state index contributed by atoms with van der Waals surface area (Å²) in [6, 6.07) is 6.35. The second-order valence-corrected chi connectivity index (χ2v) is 5.15. The SMILES string of the molecule is COCCOCCN=C(N)Nc1cccc2c1CCCC2.I. The lowest BCUT2D eigenvalue weighted by Crippen LogP contribution is -2.24. The highest BCUT2D eigenvalue weighted by atomic mass is 127. The van der Waals surface area contributed by atoms with Crippen LogP contribution in [0.15, 0.2) is 23.2 Å². The van der Waals surface area contributed by atoms with Gasteiger partial charge in [0.25, 0.3) is 0 Å². The molecule has 1 aromatic rings. The van der Waals surface area contributed by atoms with Crippen LogP contribution in [-0.2, 0) is 22.3 Å². The maximum atomic E-state index is 5.94. The summed E-state index contributed by atoms with van der Waals surface area (Å²) in [4.78, 5) is 4.28. The van der Waals surface area contributed by atoms with Gasteiger partial charge in [0.2, 0.25) is 0 Å². The van der Waals surface area contributed by atoms with E-state index in [1.165, 1.54) is 24.0 Å². The molecule has 0 unspecified atom stereocenters. The van der Waals surface area contributed by atoms with Crippen LogP contribution in [0.3, 0.4) is 0 Å². The van der Waals surface area contributed by atoms with E-state index in [2.05, 4.69) is 28.5 Å². The predicted molar refractivity (Wildman–Crippen MR) is 101 cm³/mol. The number of halogens is 1. The molecule has 0 atom stereocenters. The number of aliphatic imine (C=N–C) groups is 1. The van der Waals surface area contributed by atoms with Crippen LogP contribution in [0.2, 0.25) is 0 Å². The number of aryl methyl sites for hydroxylation is 1. The van der Waals surface area contributed by atoms with E-state index in [1.54, 1.807) is 7.11 Å². The average molecular weight is 419 g/mol. The number of benzene rings is 1. The molecule has 1 aliphatic rings. The summed E-state index contributed by atoms with van der Waals surface area (Å²) in [5.41, 5.74) is 9.85. The molecule has 0 spiro atoms. The molecule has 1 aliphatic carbocycles. The highest BCUT2D eigenvalue weighted by Gasteiger charge is 2.12. The van der Waals surface area contributed by atoms with E-state index < -0.39 is 0 Å². The van der Waals surface area contributed by atoms with Crippen molar-refractivity contribution in [2.75, 3.05) is 38.8 Å². The summed E-state index contributed by atoms with van der Waals surface area (Å²) >= 11 is 0. The van der Waals surface area contributed by atoms with E-state index in [0.29, 0.717) is 32.3 Å². The molecule has 22 heavy (non-hydrogen) atoms. The fourth-order valence-corrected chi connectivity index (χ4v) is 2.55. The van der Waals surface area contributed by atoms with Crippen molar-refractivity contribution in [3.8, 4) is 0 Å². The molecule has 2 rings (SSSR count). The van der Waals surface area contributed by atoms with Gasteiger partial charge in [0.1, 0.15) is 0 Å². The van der Waals surface area contributed by atoms with Crippen molar-refractivity contribution < 1.29 is 9.47 Å². The van der Waals surface area contributed by atoms with Crippen molar-refractivity contribution in [2.24, 2.45) is 10.7 Å². The molecule has 0 aliphatic heterocycles. The number of anilines is 1. The highest BCUT2D eigenvalue weighted by Crippen LogP contribution is 2.27. The summed E-state index contributed by atoms with van der Waals surface area (Å²) in [5, 5.41) is 3.22. The molecule has 3 N–H and O–H groups in total. The largest absolute Gasteiger partial charge is 0.382 e. The number of guanidine groups is 1. The minimum atomic E-state index is 0. The number of rotatable bonds is 7. The first kappa shape index (κ1) is 19.2. The summed E-state index contributed by atoms with van der Waals surface area (Å²) < 4.78 is 10.3. The van der Waals surface area contributed by atoms with Crippen molar-refractivity contribution in [3.05, 3.63) is 29.3 Å². The van der Waals surface area contributed by atoms with Crippen molar-refractivity contribution in [2.45, 2.75) is 25.7 Å². The maximum Gasteiger partial charge on any atom is 0.193 e. The van der Waals surface area contributed by atoms with E-state index >= 15 is 0 Å². The highest BCUT2D eigenvalue weighted by molar-refractivity contribution is 14.0. The van der Waals surface area contributed by atoms with Crippen LogP contribution >= 0.6 is 24.0 Å². The molecule has 0 amide bonds. The molecule has 0 bridgehead atoms. The molecule has 0 fully saturated rings. The van der Waals surface area contributed by atoms with E-state index in [4.69, 9.17) is 15.2 Å². The number of hydrogen-bond acceptors (Lipinski definition) is 3. The van der Waals surface area contributed by atoms with Gasteiger partial charge in [0.15, 0.2) is 5.96 Å². The van der Waals surface area contributed by atoms with E-state index in [-0.39, 0.29) is 24.0 Å². The minimum absolute atomic E-state index is 0.